The molecule has 4 aromatic rings. The number of nitrogens with one attached hydrogen (secondary N) is 1. The van der Waals surface area contributed by atoms with Crippen LogP contribution in [0.25, 0.3) is 22.6 Å². The molecule has 1 amide bonds. The summed E-state index contributed by atoms with van der Waals surface area (Å²) in [5.74, 6) is 0.882. The zero-order valence-corrected chi connectivity index (χ0v) is 15.9. The monoisotopic (exact) mass is 372 g/mol. The van der Waals surface area contributed by atoms with E-state index in [4.69, 9.17) is 9.15 Å². The van der Waals surface area contributed by atoms with Crippen LogP contribution in [0.4, 0.5) is 5.69 Å². The summed E-state index contributed by atoms with van der Waals surface area (Å²) in [6.07, 6.45) is 0. The Hall–Kier alpha value is -3.60. The van der Waals surface area contributed by atoms with Crippen LogP contribution >= 0.6 is 0 Å². The van der Waals surface area contributed by atoms with Crippen molar-refractivity contribution in [1.82, 2.24) is 4.98 Å². The molecule has 0 aliphatic heterocycles. The highest BCUT2D eigenvalue weighted by molar-refractivity contribution is 6.06. The lowest BCUT2D eigenvalue weighted by Crippen LogP contribution is -2.13. The molecule has 0 aliphatic rings. The lowest BCUT2D eigenvalue weighted by Gasteiger charge is -2.11. The van der Waals surface area contributed by atoms with E-state index in [1.54, 1.807) is 19.2 Å². The molecule has 0 saturated heterocycles. The summed E-state index contributed by atoms with van der Waals surface area (Å²) in [7, 11) is 1.55. The first-order chi connectivity index (χ1) is 13.5. The second-order valence-corrected chi connectivity index (χ2v) is 6.67. The van der Waals surface area contributed by atoms with Crippen LogP contribution in [0.1, 0.15) is 21.5 Å². The van der Waals surface area contributed by atoms with Gasteiger partial charge >= 0.3 is 0 Å². The van der Waals surface area contributed by atoms with Crippen molar-refractivity contribution < 1.29 is 13.9 Å². The van der Waals surface area contributed by atoms with E-state index in [1.807, 2.05) is 62.4 Å². The molecule has 140 valence electrons. The van der Waals surface area contributed by atoms with Gasteiger partial charge in [0.05, 0.1) is 12.7 Å². The molecule has 1 aromatic heterocycles. The maximum atomic E-state index is 12.6. The van der Waals surface area contributed by atoms with Crippen LogP contribution in [0.3, 0.4) is 0 Å². The van der Waals surface area contributed by atoms with Gasteiger partial charge in [-0.05, 0) is 67.4 Å². The SMILES string of the molecule is COc1ccccc1C(=O)Nc1ccc(-c2nc3cc(C)ccc3o2)cc1C. The van der Waals surface area contributed by atoms with Crippen LogP contribution in [0.15, 0.2) is 65.1 Å². The molecule has 3 aromatic carbocycles. The summed E-state index contributed by atoms with van der Waals surface area (Å²) in [6, 6.07) is 18.8. The topological polar surface area (TPSA) is 64.4 Å². The number of nitrogens with zero attached hydrogens (tertiary/aromatic N) is 1. The quantitative estimate of drug-likeness (QED) is 0.523. The lowest BCUT2D eigenvalue weighted by molar-refractivity contribution is 0.102. The Morgan fingerprint density at radius 1 is 1.04 bits per heavy atom. The van der Waals surface area contributed by atoms with Gasteiger partial charge in [-0.2, -0.15) is 0 Å². The Balaban J connectivity index is 1.61. The number of carbonyl (C=O) groups excluding carboxylic acids is 1. The number of benzene rings is 3. The molecule has 0 radical (unpaired) electrons. The van der Waals surface area contributed by atoms with Crippen molar-refractivity contribution >= 4 is 22.7 Å². The molecular weight excluding hydrogens is 352 g/mol. The lowest BCUT2D eigenvalue weighted by atomic mass is 10.1. The van der Waals surface area contributed by atoms with E-state index in [1.165, 1.54) is 0 Å². The largest absolute Gasteiger partial charge is 0.496 e. The fraction of sp³-hybridized carbons (Fsp3) is 0.130. The van der Waals surface area contributed by atoms with Crippen LogP contribution in [-0.4, -0.2) is 18.0 Å². The number of fused-ring (bicyclic) bond motifs is 1. The highest BCUT2D eigenvalue weighted by Gasteiger charge is 2.14. The number of hydrogen-bond donors (Lipinski definition) is 1. The minimum absolute atomic E-state index is 0.217. The molecule has 0 atom stereocenters. The van der Waals surface area contributed by atoms with E-state index in [0.717, 1.165) is 33.5 Å². The van der Waals surface area contributed by atoms with Gasteiger partial charge in [0.2, 0.25) is 5.89 Å². The number of aryl methyl sites for hydroxylation is 2. The Kier molecular flexibility index (Phi) is 4.57. The Labute approximate surface area is 163 Å². The summed E-state index contributed by atoms with van der Waals surface area (Å²) in [4.78, 5) is 17.2. The number of rotatable bonds is 4. The van der Waals surface area contributed by atoms with Crippen LogP contribution in [0.2, 0.25) is 0 Å². The Bertz CT molecular complexity index is 1180. The molecule has 4 rings (SSSR count). The molecule has 1 heterocycles. The normalized spacial score (nSPS) is 10.8. The molecule has 0 unspecified atom stereocenters. The van der Waals surface area contributed by atoms with Gasteiger partial charge in [-0.15, -0.1) is 0 Å². The van der Waals surface area contributed by atoms with E-state index >= 15 is 0 Å². The molecule has 5 nitrogen and oxygen atoms in total. The maximum absolute atomic E-state index is 12.6. The predicted molar refractivity (Wildman–Crippen MR) is 110 cm³/mol. The Morgan fingerprint density at radius 3 is 2.64 bits per heavy atom. The number of ether oxygens (including phenoxy) is 1. The first-order valence-electron chi connectivity index (χ1n) is 8.98. The van der Waals surface area contributed by atoms with Crippen molar-refractivity contribution in [3.05, 3.63) is 77.4 Å². The number of para-hydroxylation sites is 1. The number of amides is 1. The van der Waals surface area contributed by atoms with Gasteiger partial charge in [-0.1, -0.05) is 18.2 Å². The van der Waals surface area contributed by atoms with E-state index in [9.17, 15) is 4.79 Å². The van der Waals surface area contributed by atoms with Crippen molar-refractivity contribution in [2.75, 3.05) is 12.4 Å². The van der Waals surface area contributed by atoms with Gasteiger partial charge in [-0.25, -0.2) is 4.98 Å². The summed E-state index contributed by atoms with van der Waals surface area (Å²) in [5, 5.41) is 2.94. The van der Waals surface area contributed by atoms with Gasteiger partial charge in [0.15, 0.2) is 5.58 Å². The molecule has 28 heavy (non-hydrogen) atoms. The second kappa shape index (κ2) is 7.19. The zero-order valence-electron chi connectivity index (χ0n) is 15.9. The van der Waals surface area contributed by atoms with E-state index in [2.05, 4.69) is 10.3 Å². The minimum atomic E-state index is -0.217. The fourth-order valence-electron chi connectivity index (χ4n) is 3.12. The maximum Gasteiger partial charge on any atom is 0.259 e. The van der Waals surface area contributed by atoms with Crippen LogP contribution in [0, 0.1) is 13.8 Å². The highest BCUT2D eigenvalue weighted by atomic mass is 16.5. The number of anilines is 1. The summed E-state index contributed by atoms with van der Waals surface area (Å²) in [6.45, 7) is 3.96. The van der Waals surface area contributed by atoms with Gasteiger partial charge < -0.3 is 14.5 Å². The van der Waals surface area contributed by atoms with Crippen LogP contribution < -0.4 is 10.1 Å². The first kappa shape index (κ1) is 17.8. The number of methoxy groups -OCH3 is 1. The summed E-state index contributed by atoms with van der Waals surface area (Å²) >= 11 is 0. The molecule has 0 aliphatic carbocycles. The number of aromatic nitrogens is 1. The van der Waals surface area contributed by atoms with Crippen LogP contribution in [-0.2, 0) is 0 Å². The molecule has 5 heteroatoms. The first-order valence-corrected chi connectivity index (χ1v) is 8.98. The molecule has 0 bridgehead atoms. The van der Waals surface area contributed by atoms with E-state index < -0.39 is 0 Å². The molecule has 0 saturated carbocycles. The average molecular weight is 372 g/mol. The third kappa shape index (κ3) is 3.34. The van der Waals surface area contributed by atoms with Crippen molar-refractivity contribution in [2.45, 2.75) is 13.8 Å². The van der Waals surface area contributed by atoms with E-state index in [-0.39, 0.29) is 5.91 Å². The van der Waals surface area contributed by atoms with Crippen molar-refractivity contribution in [1.29, 1.82) is 0 Å². The highest BCUT2D eigenvalue weighted by Crippen LogP contribution is 2.28. The van der Waals surface area contributed by atoms with Gasteiger partial charge in [0.1, 0.15) is 11.3 Å². The van der Waals surface area contributed by atoms with Crippen molar-refractivity contribution in [3.8, 4) is 17.2 Å². The number of oxazole rings is 1. The number of carbonyl (C=O) groups is 1. The van der Waals surface area contributed by atoms with Gasteiger partial charge in [-0.3, -0.25) is 4.79 Å². The minimum Gasteiger partial charge on any atom is -0.496 e. The smallest absolute Gasteiger partial charge is 0.259 e. The van der Waals surface area contributed by atoms with Crippen molar-refractivity contribution in [3.63, 3.8) is 0 Å². The number of hydrogen-bond acceptors (Lipinski definition) is 4. The molecule has 0 spiro atoms. The fourth-order valence-corrected chi connectivity index (χ4v) is 3.12. The van der Waals surface area contributed by atoms with Crippen molar-refractivity contribution in [2.24, 2.45) is 0 Å². The van der Waals surface area contributed by atoms with Gasteiger partial charge in [0.25, 0.3) is 5.91 Å². The molecule has 0 fully saturated rings. The Morgan fingerprint density at radius 2 is 1.86 bits per heavy atom. The zero-order chi connectivity index (χ0) is 19.7. The predicted octanol–water partition coefficient (Wildman–Crippen LogP) is 5.37. The van der Waals surface area contributed by atoms with E-state index in [0.29, 0.717) is 17.2 Å². The summed E-state index contributed by atoms with van der Waals surface area (Å²) in [5.41, 5.74) is 5.72. The molecular formula is C23H20N2O3. The molecule has 1 N–H and O–H groups in total. The van der Waals surface area contributed by atoms with Gasteiger partial charge in [0, 0.05) is 11.3 Å². The third-order valence-corrected chi connectivity index (χ3v) is 4.62. The average Bonchev–Trinajstić information content (AvgIpc) is 3.12. The standard InChI is InChI=1S/C23H20N2O3/c1-14-8-11-21-19(12-14)25-23(28-21)16-9-10-18(15(2)13-16)24-22(26)17-6-4-5-7-20(17)27-3/h4-13H,1-3H3,(H,24,26). The third-order valence-electron chi connectivity index (χ3n) is 4.62. The van der Waals surface area contributed by atoms with Crippen LogP contribution in [0.5, 0.6) is 5.75 Å². The summed E-state index contributed by atoms with van der Waals surface area (Å²) < 4.78 is 11.1. The second-order valence-electron chi connectivity index (χ2n) is 6.67.